The number of amides is 2. The first-order valence-electron chi connectivity index (χ1n) is 12.6. The van der Waals surface area contributed by atoms with E-state index in [0.717, 1.165) is 31.3 Å². The van der Waals surface area contributed by atoms with Crippen molar-refractivity contribution in [2.75, 3.05) is 20.3 Å². The molecule has 0 heterocycles. The van der Waals surface area contributed by atoms with Gasteiger partial charge in [0.15, 0.2) is 11.5 Å². The molecule has 2 aliphatic rings. The lowest BCUT2D eigenvalue weighted by Crippen LogP contribution is -2.57. The molecule has 10 heteroatoms. The Morgan fingerprint density at radius 3 is 2.51 bits per heavy atom. The Balaban J connectivity index is 2.03. The normalized spacial score (nSPS) is 21.7. The molecule has 3 rings (SSSR count). The fourth-order valence-electron chi connectivity index (χ4n) is 4.98. The number of nitrogens with zero attached hydrogens (tertiary/aromatic N) is 1. The summed E-state index contributed by atoms with van der Waals surface area (Å²) in [5.74, 6) is 0.196. The molecule has 9 nitrogen and oxygen atoms in total. The second-order valence-electron chi connectivity index (χ2n) is 9.69. The smallest absolute Gasteiger partial charge is 0.247 e. The molecule has 0 saturated heterocycles. The Morgan fingerprint density at radius 2 is 1.92 bits per heavy atom. The molecule has 37 heavy (non-hydrogen) atoms. The topological polar surface area (TPSA) is 129 Å². The predicted octanol–water partition coefficient (Wildman–Crippen LogP) is 2.45. The highest BCUT2D eigenvalue weighted by molar-refractivity contribution is 14.1. The third kappa shape index (κ3) is 7.24. The average Bonchev–Trinajstić information content (AvgIpc) is 3.39. The van der Waals surface area contributed by atoms with Crippen LogP contribution in [0.15, 0.2) is 35.4 Å². The number of aliphatic hydroxyl groups excluding tert-OH is 3. The van der Waals surface area contributed by atoms with E-state index in [0.29, 0.717) is 26.2 Å². The molecule has 1 aromatic carbocycles. The van der Waals surface area contributed by atoms with Crippen LogP contribution in [0.2, 0.25) is 0 Å². The molecule has 4 N–H and O–H groups in total. The minimum atomic E-state index is -1.11. The lowest BCUT2D eigenvalue weighted by molar-refractivity contribution is -0.136. The predicted molar refractivity (Wildman–Crippen MR) is 147 cm³/mol. The molecule has 0 spiro atoms. The summed E-state index contributed by atoms with van der Waals surface area (Å²) in [6.07, 6.45) is 4.93. The van der Waals surface area contributed by atoms with Crippen molar-refractivity contribution in [2.24, 2.45) is 0 Å². The summed E-state index contributed by atoms with van der Waals surface area (Å²) < 4.78 is 12.4. The van der Waals surface area contributed by atoms with Crippen molar-refractivity contribution < 1.29 is 34.4 Å². The number of benzene rings is 1. The van der Waals surface area contributed by atoms with Crippen LogP contribution in [0.3, 0.4) is 0 Å². The largest absolute Gasteiger partial charge is 0.493 e. The Bertz CT molecular complexity index is 1030. The zero-order valence-electron chi connectivity index (χ0n) is 21.6. The van der Waals surface area contributed by atoms with E-state index in [1.807, 2.05) is 13.8 Å². The Hall–Kier alpha value is -2.15. The van der Waals surface area contributed by atoms with Crippen LogP contribution in [0.25, 0.3) is 0 Å². The molecule has 204 valence electrons. The van der Waals surface area contributed by atoms with Gasteiger partial charge in [-0.15, -0.1) is 0 Å². The third-order valence-electron chi connectivity index (χ3n) is 6.68. The molecule has 2 amide bonds. The fraction of sp³-hybridized carbons (Fsp3) is 0.556. The summed E-state index contributed by atoms with van der Waals surface area (Å²) in [7, 11) is 1.49. The maximum absolute atomic E-state index is 13.4. The number of allylic oxidation sites excluding steroid dienone is 1. The SMILES string of the molecule is COc1cc(CO)cc(I)c1OC1C=C(C(=O)NCCO)CC(N(C(=O)C=C(C)C)C2CCCC2)C1O. The van der Waals surface area contributed by atoms with Gasteiger partial charge >= 0.3 is 0 Å². The van der Waals surface area contributed by atoms with E-state index >= 15 is 0 Å². The molecule has 1 aromatic rings. The van der Waals surface area contributed by atoms with Gasteiger partial charge in [0.1, 0.15) is 12.2 Å². The van der Waals surface area contributed by atoms with Gasteiger partial charge in [0.2, 0.25) is 11.8 Å². The summed E-state index contributed by atoms with van der Waals surface area (Å²) in [5, 5.41) is 33.0. The van der Waals surface area contributed by atoms with Gasteiger partial charge in [-0.25, -0.2) is 0 Å². The molecule has 0 aliphatic heterocycles. The number of hydrogen-bond acceptors (Lipinski definition) is 7. The number of aliphatic hydroxyl groups is 3. The molecule has 3 atom stereocenters. The van der Waals surface area contributed by atoms with Crippen molar-refractivity contribution in [1.29, 1.82) is 0 Å². The van der Waals surface area contributed by atoms with Crippen LogP contribution in [-0.4, -0.2) is 76.6 Å². The lowest BCUT2D eigenvalue weighted by Gasteiger charge is -2.43. The summed E-state index contributed by atoms with van der Waals surface area (Å²) >= 11 is 2.07. The Morgan fingerprint density at radius 1 is 1.22 bits per heavy atom. The van der Waals surface area contributed by atoms with Crippen LogP contribution in [0.4, 0.5) is 0 Å². The van der Waals surface area contributed by atoms with Crippen LogP contribution in [0, 0.1) is 3.57 Å². The lowest BCUT2D eigenvalue weighted by atomic mass is 9.87. The van der Waals surface area contributed by atoms with Crippen LogP contribution >= 0.6 is 22.6 Å². The molecule has 0 radical (unpaired) electrons. The van der Waals surface area contributed by atoms with Crippen molar-refractivity contribution >= 4 is 34.4 Å². The van der Waals surface area contributed by atoms with Crippen molar-refractivity contribution in [1.82, 2.24) is 10.2 Å². The van der Waals surface area contributed by atoms with Crippen molar-refractivity contribution in [3.05, 3.63) is 44.6 Å². The second kappa shape index (κ2) is 13.6. The van der Waals surface area contributed by atoms with E-state index in [2.05, 4.69) is 27.9 Å². The van der Waals surface area contributed by atoms with Crippen LogP contribution in [-0.2, 0) is 16.2 Å². The summed E-state index contributed by atoms with van der Waals surface area (Å²) in [4.78, 5) is 28.1. The van der Waals surface area contributed by atoms with Crippen molar-refractivity contribution in [2.45, 2.75) is 76.9 Å². The van der Waals surface area contributed by atoms with Crippen LogP contribution in [0.1, 0.15) is 51.5 Å². The molecule has 0 aromatic heterocycles. The van der Waals surface area contributed by atoms with Crippen molar-refractivity contribution in [3.63, 3.8) is 0 Å². The minimum Gasteiger partial charge on any atom is -0.493 e. The van der Waals surface area contributed by atoms with E-state index in [9.17, 15) is 24.9 Å². The van der Waals surface area contributed by atoms with Gasteiger partial charge in [0.25, 0.3) is 0 Å². The minimum absolute atomic E-state index is 0.0400. The fourth-order valence-corrected chi connectivity index (χ4v) is 5.77. The molecule has 1 saturated carbocycles. The van der Waals surface area contributed by atoms with Gasteiger partial charge in [-0.3, -0.25) is 9.59 Å². The van der Waals surface area contributed by atoms with Crippen LogP contribution < -0.4 is 14.8 Å². The average molecular weight is 629 g/mol. The molecule has 0 bridgehead atoms. The van der Waals surface area contributed by atoms with E-state index in [1.54, 1.807) is 29.2 Å². The number of hydrogen-bond donors (Lipinski definition) is 4. The number of ether oxygens (including phenoxy) is 2. The number of methoxy groups -OCH3 is 1. The van der Waals surface area contributed by atoms with E-state index in [-0.39, 0.29) is 44.0 Å². The summed E-state index contributed by atoms with van der Waals surface area (Å²) in [6.45, 7) is 3.42. The maximum atomic E-state index is 13.4. The molecule has 2 aliphatic carbocycles. The van der Waals surface area contributed by atoms with Gasteiger partial charge in [-0.05, 0) is 73.1 Å². The molecular formula is C27H37IN2O7. The van der Waals surface area contributed by atoms with E-state index < -0.39 is 18.2 Å². The molecule has 3 unspecified atom stereocenters. The quantitative estimate of drug-likeness (QED) is 0.232. The van der Waals surface area contributed by atoms with Crippen molar-refractivity contribution in [3.8, 4) is 11.5 Å². The zero-order chi connectivity index (χ0) is 27.1. The van der Waals surface area contributed by atoms with Gasteiger partial charge in [0, 0.05) is 30.7 Å². The highest BCUT2D eigenvalue weighted by atomic mass is 127. The number of carbonyl (C=O) groups is 2. The molecular weight excluding hydrogens is 591 g/mol. The Kier molecular flexibility index (Phi) is 10.8. The van der Waals surface area contributed by atoms with E-state index in [4.69, 9.17) is 9.47 Å². The molecule has 1 fully saturated rings. The number of nitrogens with one attached hydrogen (secondary N) is 1. The number of carbonyl (C=O) groups excluding carboxylic acids is 2. The first kappa shape index (κ1) is 29.4. The summed E-state index contributed by atoms with van der Waals surface area (Å²) in [5.41, 5.74) is 1.88. The van der Waals surface area contributed by atoms with Gasteiger partial charge in [0.05, 0.1) is 29.9 Å². The zero-order valence-corrected chi connectivity index (χ0v) is 23.7. The van der Waals surface area contributed by atoms with Gasteiger partial charge < -0.3 is 35.0 Å². The Labute approximate surface area is 231 Å². The maximum Gasteiger partial charge on any atom is 0.247 e. The monoisotopic (exact) mass is 628 g/mol. The second-order valence-corrected chi connectivity index (χ2v) is 10.9. The highest BCUT2D eigenvalue weighted by Gasteiger charge is 2.43. The highest BCUT2D eigenvalue weighted by Crippen LogP contribution is 2.38. The number of rotatable bonds is 10. The first-order valence-corrected chi connectivity index (χ1v) is 13.7. The summed E-state index contributed by atoms with van der Waals surface area (Å²) in [6, 6.07) is 2.69. The third-order valence-corrected chi connectivity index (χ3v) is 7.48. The first-order chi connectivity index (χ1) is 17.7. The van der Waals surface area contributed by atoms with Gasteiger partial charge in [-0.1, -0.05) is 18.4 Å². The van der Waals surface area contributed by atoms with Gasteiger partial charge in [-0.2, -0.15) is 0 Å². The standard InChI is InChI=1S/C27H37IN2O7/c1-16(2)10-24(33)30(19-6-4-5-7-19)21-13-18(27(35)29-8-9-31)14-22(25(21)34)37-26-20(28)11-17(15-32)12-23(26)36-3/h10-12,14,19,21-22,25,31-32,34H,4-9,13,15H2,1-3H3,(H,29,35). The van der Waals surface area contributed by atoms with Crippen LogP contribution in [0.5, 0.6) is 11.5 Å². The van der Waals surface area contributed by atoms with E-state index in [1.165, 1.54) is 7.11 Å². The number of halogens is 1.